The van der Waals surface area contributed by atoms with Gasteiger partial charge in [-0.15, -0.1) is 0 Å². The fourth-order valence-electron chi connectivity index (χ4n) is 2.40. The number of nitrogens with two attached hydrogens (primary N) is 1. The van der Waals surface area contributed by atoms with Gasteiger partial charge in [0, 0.05) is 6.42 Å². The number of nitrogens with one attached hydrogen (secondary N) is 1. The topological polar surface area (TPSA) is 98.5 Å². The minimum atomic E-state index is -4.80. The third-order valence-electron chi connectivity index (χ3n) is 3.33. The van der Waals surface area contributed by atoms with Crippen LogP contribution in [0.25, 0.3) is 0 Å². The average Bonchev–Trinajstić information content (AvgIpc) is 2.43. The number of carbonyl (C=O) groups is 3. The molecule has 124 valence electrons. The van der Waals surface area contributed by atoms with E-state index in [1.165, 1.54) is 6.07 Å². The fraction of sp³-hybridized carbons (Fsp3) is 0.357. The van der Waals surface area contributed by atoms with Gasteiger partial charge in [-0.1, -0.05) is 12.1 Å². The van der Waals surface area contributed by atoms with E-state index in [4.69, 9.17) is 10.5 Å². The van der Waals surface area contributed by atoms with Gasteiger partial charge in [-0.2, -0.15) is 13.2 Å². The summed E-state index contributed by atoms with van der Waals surface area (Å²) >= 11 is 0. The van der Waals surface area contributed by atoms with Crippen molar-refractivity contribution in [1.82, 2.24) is 5.32 Å². The van der Waals surface area contributed by atoms with Gasteiger partial charge in [0.25, 0.3) is 5.91 Å². The Hall–Kier alpha value is -2.58. The molecule has 23 heavy (non-hydrogen) atoms. The Morgan fingerprint density at radius 3 is 2.61 bits per heavy atom. The van der Waals surface area contributed by atoms with Crippen LogP contribution in [0.1, 0.15) is 29.9 Å². The first kappa shape index (κ1) is 16.8. The molecule has 1 atom stereocenters. The van der Waals surface area contributed by atoms with Gasteiger partial charge in [0.05, 0.1) is 5.92 Å². The van der Waals surface area contributed by atoms with Crippen LogP contribution >= 0.6 is 0 Å². The number of alkyl halides is 3. The van der Waals surface area contributed by atoms with E-state index in [-0.39, 0.29) is 18.4 Å². The maximum absolute atomic E-state index is 13.4. The highest BCUT2D eigenvalue weighted by Gasteiger charge is 2.41. The van der Waals surface area contributed by atoms with Crippen LogP contribution in [0.3, 0.4) is 0 Å². The van der Waals surface area contributed by atoms with E-state index >= 15 is 0 Å². The smallest absolute Gasteiger partial charge is 0.420 e. The molecule has 6 nitrogen and oxygen atoms in total. The summed E-state index contributed by atoms with van der Waals surface area (Å²) in [6.45, 7) is -0.720. The molecule has 0 radical (unpaired) electrons. The van der Waals surface area contributed by atoms with Crippen molar-refractivity contribution in [2.45, 2.75) is 24.9 Å². The predicted molar refractivity (Wildman–Crippen MR) is 71.3 cm³/mol. The number of benzene rings is 1. The number of amides is 3. The highest BCUT2D eigenvalue weighted by molar-refractivity contribution is 6.01. The van der Waals surface area contributed by atoms with Crippen LogP contribution in [0.2, 0.25) is 0 Å². The number of carbonyl (C=O) groups excluding carboxylic acids is 3. The molecule has 1 unspecified atom stereocenters. The molecule has 1 aromatic carbocycles. The van der Waals surface area contributed by atoms with Crippen molar-refractivity contribution < 1.29 is 32.3 Å². The molecule has 1 aromatic rings. The molecular formula is C14H13F3N2O4. The van der Waals surface area contributed by atoms with E-state index < -0.39 is 47.7 Å². The molecule has 9 heteroatoms. The maximum Gasteiger partial charge on any atom is 0.420 e. The van der Waals surface area contributed by atoms with Crippen LogP contribution in [0, 0.1) is 0 Å². The third-order valence-corrected chi connectivity index (χ3v) is 3.33. The number of halogens is 3. The van der Waals surface area contributed by atoms with Crippen LogP contribution in [-0.4, -0.2) is 24.3 Å². The highest BCUT2D eigenvalue weighted by atomic mass is 19.4. The quantitative estimate of drug-likeness (QED) is 0.807. The van der Waals surface area contributed by atoms with Gasteiger partial charge in [-0.3, -0.25) is 19.7 Å². The maximum atomic E-state index is 13.4. The van der Waals surface area contributed by atoms with Crippen LogP contribution < -0.4 is 15.8 Å². The molecule has 1 aliphatic rings. The molecule has 0 spiro atoms. The first-order valence-corrected chi connectivity index (χ1v) is 6.65. The van der Waals surface area contributed by atoms with E-state index in [9.17, 15) is 27.6 Å². The fourth-order valence-corrected chi connectivity index (χ4v) is 2.40. The van der Waals surface area contributed by atoms with Gasteiger partial charge >= 0.3 is 6.18 Å². The summed E-state index contributed by atoms with van der Waals surface area (Å²) in [5, 5.41) is 2.02. The Bertz CT molecular complexity index is 658. The molecule has 3 N–H and O–H groups in total. The summed E-state index contributed by atoms with van der Waals surface area (Å²) in [7, 11) is 0. The molecule has 1 aliphatic heterocycles. The van der Waals surface area contributed by atoms with E-state index in [1.807, 2.05) is 5.32 Å². The van der Waals surface area contributed by atoms with E-state index in [2.05, 4.69) is 0 Å². The van der Waals surface area contributed by atoms with Gasteiger partial charge in [0.15, 0.2) is 6.61 Å². The van der Waals surface area contributed by atoms with Crippen LogP contribution in [0.15, 0.2) is 18.2 Å². The summed E-state index contributed by atoms with van der Waals surface area (Å²) in [6.07, 6.45) is -4.89. The highest BCUT2D eigenvalue weighted by Crippen LogP contribution is 2.42. The van der Waals surface area contributed by atoms with Crippen molar-refractivity contribution in [2.75, 3.05) is 6.61 Å². The summed E-state index contributed by atoms with van der Waals surface area (Å²) in [5.74, 6) is -3.95. The number of hydrogen-bond acceptors (Lipinski definition) is 4. The largest absolute Gasteiger partial charge is 0.483 e. The number of ether oxygens (including phenoxy) is 1. The average molecular weight is 330 g/mol. The molecule has 2 rings (SSSR count). The number of imide groups is 1. The molecule has 1 saturated heterocycles. The van der Waals surface area contributed by atoms with Crippen molar-refractivity contribution in [3.63, 3.8) is 0 Å². The minimum Gasteiger partial charge on any atom is -0.483 e. The van der Waals surface area contributed by atoms with Gasteiger partial charge < -0.3 is 10.5 Å². The van der Waals surface area contributed by atoms with Crippen molar-refractivity contribution in [3.05, 3.63) is 29.3 Å². The lowest BCUT2D eigenvalue weighted by Crippen LogP contribution is -2.40. The van der Waals surface area contributed by atoms with Crippen LogP contribution in [0.5, 0.6) is 5.75 Å². The number of piperidine rings is 1. The number of primary amides is 1. The monoisotopic (exact) mass is 330 g/mol. The summed E-state index contributed by atoms with van der Waals surface area (Å²) in [6, 6.07) is 3.48. The molecule has 1 heterocycles. The molecule has 3 amide bonds. The van der Waals surface area contributed by atoms with Crippen molar-refractivity contribution >= 4 is 17.7 Å². The second-order valence-electron chi connectivity index (χ2n) is 4.98. The second-order valence-corrected chi connectivity index (χ2v) is 4.98. The lowest BCUT2D eigenvalue weighted by molar-refractivity contribution is -0.141. The Morgan fingerprint density at radius 2 is 2.04 bits per heavy atom. The van der Waals surface area contributed by atoms with E-state index in [0.717, 1.165) is 12.1 Å². The van der Waals surface area contributed by atoms with Gasteiger partial charge in [0.2, 0.25) is 11.8 Å². The van der Waals surface area contributed by atoms with Crippen molar-refractivity contribution in [2.24, 2.45) is 5.73 Å². The van der Waals surface area contributed by atoms with Crippen molar-refractivity contribution in [3.8, 4) is 5.75 Å². The SMILES string of the molecule is NC(=O)COc1cccc(C2CCC(=O)NC2=O)c1C(F)(F)F. The van der Waals surface area contributed by atoms with Gasteiger partial charge in [-0.25, -0.2) is 0 Å². The number of rotatable bonds is 4. The lowest BCUT2D eigenvalue weighted by atomic mass is 9.87. The van der Waals surface area contributed by atoms with Crippen LogP contribution in [-0.2, 0) is 20.6 Å². The summed E-state index contributed by atoms with van der Waals surface area (Å²) in [5.41, 5.74) is 3.43. The zero-order valence-electron chi connectivity index (χ0n) is 11.8. The predicted octanol–water partition coefficient (Wildman–Crippen LogP) is 1.09. The molecule has 0 aromatic heterocycles. The summed E-state index contributed by atoms with van der Waals surface area (Å²) < 4.78 is 45.0. The normalized spacial score (nSPS) is 18.5. The van der Waals surface area contributed by atoms with Gasteiger partial charge in [0.1, 0.15) is 11.3 Å². The van der Waals surface area contributed by atoms with E-state index in [0.29, 0.717) is 0 Å². The van der Waals surface area contributed by atoms with E-state index in [1.54, 1.807) is 0 Å². The summed E-state index contributed by atoms with van der Waals surface area (Å²) in [4.78, 5) is 33.7. The molecule has 0 bridgehead atoms. The standard InChI is InChI=1S/C14H13F3N2O4/c15-14(16,17)12-7(8-4-5-11(21)19-13(8)22)2-1-3-9(12)23-6-10(18)20/h1-3,8H,4-6H2,(H2,18,20)(H,19,21,22). The first-order chi connectivity index (χ1) is 10.7. The molecule has 0 saturated carbocycles. The third kappa shape index (κ3) is 3.79. The first-order valence-electron chi connectivity index (χ1n) is 6.65. The second kappa shape index (κ2) is 6.27. The molecular weight excluding hydrogens is 317 g/mol. The molecule has 1 fully saturated rings. The Labute approximate surface area is 128 Å². The van der Waals surface area contributed by atoms with Crippen molar-refractivity contribution in [1.29, 1.82) is 0 Å². The van der Waals surface area contributed by atoms with Gasteiger partial charge in [-0.05, 0) is 18.1 Å². The minimum absolute atomic E-state index is 0.0347. The Kier molecular flexibility index (Phi) is 4.57. The Balaban J connectivity index is 2.46. The Morgan fingerprint density at radius 1 is 1.35 bits per heavy atom. The number of hydrogen-bond donors (Lipinski definition) is 2. The molecule has 0 aliphatic carbocycles. The zero-order chi connectivity index (χ0) is 17.2. The van der Waals surface area contributed by atoms with Crippen LogP contribution in [0.4, 0.5) is 13.2 Å². The zero-order valence-corrected chi connectivity index (χ0v) is 11.8. The lowest BCUT2D eigenvalue weighted by Gasteiger charge is -2.25.